The first-order valence-corrected chi connectivity index (χ1v) is 10.1. The molecule has 1 N–H and O–H groups in total. The standard InChI is InChI=1S/C25H20F3N3O2/c1-30(2)19-11-13-20(14-12-19)31-23(32)21(16-7-4-3-5-8-16)22(24(31)33)29-18-10-6-9-17(15-18)25(26,27)28/h3-15,29H,1-2H3. The molecule has 0 saturated heterocycles. The monoisotopic (exact) mass is 451 g/mol. The van der Waals surface area contributed by atoms with Crippen LogP contribution in [0.5, 0.6) is 0 Å². The van der Waals surface area contributed by atoms with Crippen molar-refractivity contribution in [3.63, 3.8) is 0 Å². The summed E-state index contributed by atoms with van der Waals surface area (Å²) in [4.78, 5) is 29.6. The predicted octanol–water partition coefficient (Wildman–Crippen LogP) is 5.17. The molecule has 0 aliphatic carbocycles. The maximum absolute atomic E-state index is 13.4. The van der Waals surface area contributed by atoms with Gasteiger partial charge in [0, 0.05) is 25.5 Å². The molecule has 0 saturated carbocycles. The van der Waals surface area contributed by atoms with Crippen molar-refractivity contribution in [1.82, 2.24) is 0 Å². The average Bonchev–Trinajstić information content (AvgIpc) is 3.03. The number of alkyl halides is 3. The summed E-state index contributed by atoms with van der Waals surface area (Å²) in [6.45, 7) is 0. The number of hydrogen-bond donors (Lipinski definition) is 1. The molecule has 1 aliphatic rings. The molecule has 4 rings (SSSR count). The van der Waals surface area contributed by atoms with Crippen molar-refractivity contribution in [2.45, 2.75) is 6.18 Å². The zero-order chi connectivity index (χ0) is 23.8. The molecule has 0 fully saturated rings. The van der Waals surface area contributed by atoms with Crippen molar-refractivity contribution >= 4 is 34.4 Å². The highest BCUT2D eigenvalue weighted by Gasteiger charge is 2.40. The van der Waals surface area contributed by atoms with Gasteiger partial charge in [-0.25, -0.2) is 4.90 Å². The lowest BCUT2D eigenvalue weighted by molar-refractivity contribution is -0.137. The summed E-state index contributed by atoms with van der Waals surface area (Å²) in [7, 11) is 3.74. The van der Waals surface area contributed by atoms with Gasteiger partial charge in [-0.15, -0.1) is 0 Å². The van der Waals surface area contributed by atoms with Crippen LogP contribution in [0.2, 0.25) is 0 Å². The number of carbonyl (C=O) groups is 2. The van der Waals surface area contributed by atoms with Crippen molar-refractivity contribution in [1.29, 1.82) is 0 Å². The Kier molecular flexibility index (Phi) is 5.68. The Balaban J connectivity index is 1.77. The van der Waals surface area contributed by atoms with Gasteiger partial charge < -0.3 is 10.2 Å². The number of hydrogen-bond acceptors (Lipinski definition) is 4. The van der Waals surface area contributed by atoms with Crippen LogP contribution in [0.25, 0.3) is 5.57 Å². The first-order valence-electron chi connectivity index (χ1n) is 10.1. The predicted molar refractivity (Wildman–Crippen MR) is 122 cm³/mol. The van der Waals surface area contributed by atoms with Crippen molar-refractivity contribution in [2.75, 3.05) is 29.2 Å². The van der Waals surface area contributed by atoms with E-state index >= 15 is 0 Å². The normalized spacial score (nSPS) is 14.2. The third-order valence-electron chi connectivity index (χ3n) is 5.23. The van der Waals surface area contributed by atoms with E-state index in [-0.39, 0.29) is 17.0 Å². The van der Waals surface area contributed by atoms with E-state index in [0.717, 1.165) is 22.7 Å². The number of rotatable bonds is 5. The van der Waals surface area contributed by atoms with Crippen LogP contribution in [0.1, 0.15) is 11.1 Å². The smallest absolute Gasteiger partial charge is 0.378 e. The first kappa shape index (κ1) is 22.1. The Bertz CT molecular complexity index is 1230. The molecular formula is C25H20F3N3O2. The molecule has 0 radical (unpaired) electrons. The van der Waals surface area contributed by atoms with Crippen LogP contribution in [0.4, 0.5) is 30.2 Å². The molecule has 0 spiro atoms. The molecule has 1 aliphatic heterocycles. The largest absolute Gasteiger partial charge is 0.416 e. The van der Waals surface area contributed by atoms with Gasteiger partial charge in [-0.05, 0) is 48.0 Å². The summed E-state index contributed by atoms with van der Waals surface area (Å²) in [5.74, 6) is -1.20. The van der Waals surface area contributed by atoms with E-state index in [4.69, 9.17) is 0 Å². The SMILES string of the molecule is CN(C)c1ccc(N2C(=O)C(Nc3cccc(C(F)(F)F)c3)=C(c3ccccc3)C2=O)cc1. The maximum atomic E-state index is 13.4. The molecule has 2 amide bonds. The molecule has 8 heteroatoms. The Labute approximate surface area is 188 Å². The number of amides is 2. The first-order chi connectivity index (χ1) is 15.7. The minimum absolute atomic E-state index is 0.0548. The highest BCUT2D eigenvalue weighted by Crippen LogP contribution is 2.36. The summed E-state index contributed by atoms with van der Waals surface area (Å²) in [5.41, 5.74) is 0.942. The summed E-state index contributed by atoms with van der Waals surface area (Å²) in [5, 5.41) is 2.77. The summed E-state index contributed by atoms with van der Waals surface area (Å²) < 4.78 is 39.5. The van der Waals surface area contributed by atoms with E-state index in [2.05, 4.69) is 5.32 Å². The van der Waals surface area contributed by atoms with E-state index in [1.807, 2.05) is 19.0 Å². The molecule has 3 aromatic carbocycles. The number of anilines is 3. The van der Waals surface area contributed by atoms with Crippen LogP contribution in [-0.4, -0.2) is 25.9 Å². The molecule has 168 valence electrons. The molecule has 5 nitrogen and oxygen atoms in total. The van der Waals surface area contributed by atoms with Crippen molar-refractivity contribution in [3.05, 3.63) is 95.7 Å². The average molecular weight is 451 g/mol. The quantitative estimate of drug-likeness (QED) is 0.544. The lowest BCUT2D eigenvalue weighted by Gasteiger charge is -2.18. The lowest BCUT2D eigenvalue weighted by Crippen LogP contribution is -2.32. The zero-order valence-electron chi connectivity index (χ0n) is 17.9. The van der Waals surface area contributed by atoms with E-state index in [0.29, 0.717) is 11.3 Å². The second kappa shape index (κ2) is 8.46. The van der Waals surface area contributed by atoms with Crippen LogP contribution in [0.15, 0.2) is 84.6 Å². The second-order valence-electron chi connectivity index (χ2n) is 7.68. The van der Waals surface area contributed by atoms with Gasteiger partial charge in [-0.2, -0.15) is 13.2 Å². The maximum Gasteiger partial charge on any atom is 0.416 e. The molecule has 0 atom stereocenters. The van der Waals surface area contributed by atoms with E-state index in [9.17, 15) is 22.8 Å². The lowest BCUT2D eigenvalue weighted by atomic mass is 10.0. The molecule has 33 heavy (non-hydrogen) atoms. The fourth-order valence-corrected chi connectivity index (χ4v) is 3.57. The summed E-state index contributed by atoms with van der Waals surface area (Å²) in [6.07, 6.45) is -4.54. The Morgan fingerprint density at radius 2 is 1.48 bits per heavy atom. The van der Waals surface area contributed by atoms with E-state index in [1.165, 1.54) is 12.1 Å². The van der Waals surface area contributed by atoms with E-state index < -0.39 is 23.6 Å². The topological polar surface area (TPSA) is 52.6 Å². The minimum Gasteiger partial charge on any atom is -0.378 e. The third-order valence-corrected chi connectivity index (χ3v) is 5.23. The Morgan fingerprint density at radius 3 is 2.09 bits per heavy atom. The van der Waals surface area contributed by atoms with Gasteiger partial charge in [0.25, 0.3) is 11.8 Å². The Morgan fingerprint density at radius 1 is 0.818 bits per heavy atom. The zero-order valence-corrected chi connectivity index (χ0v) is 17.9. The van der Waals surface area contributed by atoms with Gasteiger partial charge in [-0.3, -0.25) is 9.59 Å². The fourth-order valence-electron chi connectivity index (χ4n) is 3.57. The molecule has 0 bridgehead atoms. The van der Waals surface area contributed by atoms with Gasteiger partial charge in [-0.1, -0.05) is 36.4 Å². The number of halogens is 3. The fraction of sp³-hybridized carbons (Fsp3) is 0.120. The van der Waals surface area contributed by atoms with Crippen molar-refractivity contribution < 1.29 is 22.8 Å². The number of benzene rings is 3. The van der Waals surface area contributed by atoms with Crippen LogP contribution in [-0.2, 0) is 15.8 Å². The highest BCUT2D eigenvalue weighted by molar-refractivity contribution is 6.46. The molecule has 0 aromatic heterocycles. The number of nitrogens with one attached hydrogen (secondary N) is 1. The third kappa shape index (κ3) is 4.32. The van der Waals surface area contributed by atoms with E-state index in [1.54, 1.807) is 54.6 Å². The van der Waals surface area contributed by atoms with Crippen LogP contribution in [0, 0.1) is 0 Å². The molecule has 1 heterocycles. The van der Waals surface area contributed by atoms with Crippen molar-refractivity contribution in [2.24, 2.45) is 0 Å². The summed E-state index contributed by atoms with van der Waals surface area (Å²) >= 11 is 0. The molecular weight excluding hydrogens is 431 g/mol. The molecule has 0 unspecified atom stereocenters. The highest BCUT2D eigenvalue weighted by atomic mass is 19.4. The van der Waals surface area contributed by atoms with Crippen LogP contribution < -0.4 is 15.1 Å². The van der Waals surface area contributed by atoms with Crippen molar-refractivity contribution in [3.8, 4) is 0 Å². The van der Waals surface area contributed by atoms with Gasteiger partial charge in [0.1, 0.15) is 5.70 Å². The molecule has 3 aromatic rings. The van der Waals surface area contributed by atoms with Gasteiger partial charge >= 0.3 is 6.18 Å². The second-order valence-corrected chi connectivity index (χ2v) is 7.68. The van der Waals surface area contributed by atoms with Gasteiger partial charge in [0.2, 0.25) is 0 Å². The minimum atomic E-state index is -4.54. The van der Waals surface area contributed by atoms with Crippen LogP contribution >= 0.6 is 0 Å². The summed E-state index contributed by atoms with van der Waals surface area (Å²) in [6, 6.07) is 19.9. The number of nitrogens with zero attached hydrogens (tertiary/aromatic N) is 2. The van der Waals surface area contributed by atoms with Crippen LogP contribution in [0.3, 0.4) is 0 Å². The Hall–Kier alpha value is -4.07. The number of imide groups is 1. The van der Waals surface area contributed by atoms with Gasteiger partial charge in [0.05, 0.1) is 16.8 Å². The number of carbonyl (C=O) groups excluding carboxylic acids is 2. The van der Waals surface area contributed by atoms with Gasteiger partial charge in [0.15, 0.2) is 0 Å².